The molecule has 0 fully saturated rings. The molecule has 0 aliphatic heterocycles. The normalized spacial score (nSPS) is 14.3. The molecule has 0 atom stereocenters. The first-order chi connectivity index (χ1) is 6.47. The zero-order chi connectivity index (χ0) is 12.3. The summed E-state index contributed by atoms with van der Waals surface area (Å²) in [4.78, 5) is 0. The van der Waals surface area contributed by atoms with Crippen LogP contribution in [0.4, 0.5) is 0 Å². The van der Waals surface area contributed by atoms with Crippen LogP contribution >= 0.6 is 15.9 Å². The molecule has 0 radical (unpaired) electrons. The van der Waals surface area contributed by atoms with Gasteiger partial charge in [-0.05, 0) is 25.7 Å². The van der Waals surface area contributed by atoms with E-state index >= 15 is 0 Å². The van der Waals surface area contributed by atoms with Gasteiger partial charge in [-0.25, -0.2) is 13.1 Å². The van der Waals surface area contributed by atoms with E-state index in [2.05, 4.69) is 20.7 Å². The second-order valence-electron chi connectivity index (χ2n) is 5.74. The molecule has 0 aliphatic rings. The van der Waals surface area contributed by atoms with Crippen LogP contribution in [0.5, 0.6) is 0 Å². The van der Waals surface area contributed by atoms with Crippen molar-refractivity contribution in [3.63, 3.8) is 0 Å². The van der Waals surface area contributed by atoms with Gasteiger partial charge in [-0.15, -0.1) is 0 Å². The molecular formula is C10H22BrNO2S. The van der Waals surface area contributed by atoms with Gasteiger partial charge in [0.25, 0.3) is 0 Å². The third-order valence-electron chi connectivity index (χ3n) is 1.77. The SMILES string of the molecule is CC(C)(C)CS(=O)(=O)NC(C)(C)CCBr. The summed E-state index contributed by atoms with van der Waals surface area (Å²) in [7, 11) is -3.19. The first-order valence-electron chi connectivity index (χ1n) is 5.05. The maximum absolute atomic E-state index is 11.8. The van der Waals surface area contributed by atoms with Crippen LogP contribution in [-0.2, 0) is 10.0 Å². The van der Waals surface area contributed by atoms with E-state index in [4.69, 9.17) is 0 Å². The molecule has 5 heteroatoms. The Bertz CT molecular complexity index is 291. The Labute approximate surface area is 102 Å². The van der Waals surface area contributed by atoms with Crippen LogP contribution in [0.3, 0.4) is 0 Å². The van der Waals surface area contributed by atoms with Crippen LogP contribution in [0.15, 0.2) is 0 Å². The Kier molecular flexibility index (Phi) is 5.28. The zero-order valence-corrected chi connectivity index (χ0v) is 12.6. The topological polar surface area (TPSA) is 46.2 Å². The number of nitrogens with one attached hydrogen (secondary N) is 1. The van der Waals surface area contributed by atoms with Gasteiger partial charge in [0, 0.05) is 10.9 Å². The van der Waals surface area contributed by atoms with Crippen LogP contribution in [0.2, 0.25) is 0 Å². The quantitative estimate of drug-likeness (QED) is 0.793. The molecule has 0 aromatic heterocycles. The number of halogens is 1. The highest BCUT2D eigenvalue weighted by atomic mass is 79.9. The van der Waals surface area contributed by atoms with Crippen molar-refractivity contribution in [2.24, 2.45) is 5.41 Å². The van der Waals surface area contributed by atoms with Crippen LogP contribution in [-0.4, -0.2) is 25.0 Å². The zero-order valence-electron chi connectivity index (χ0n) is 10.2. The van der Waals surface area contributed by atoms with Gasteiger partial charge in [0.1, 0.15) is 0 Å². The Balaban J connectivity index is 4.52. The summed E-state index contributed by atoms with van der Waals surface area (Å²) in [6.07, 6.45) is 0.774. The van der Waals surface area contributed by atoms with Gasteiger partial charge < -0.3 is 0 Å². The predicted molar refractivity (Wildman–Crippen MR) is 68.9 cm³/mol. The molecule has 0 saturated carbocycles. The summed E-state index contributed by atoms with van der Waals surface area (Å²) < 4.78 is 26.4. The molecule has 0 rings (SSSR count). The van der Waals surface area contributed by atoms with E-state index < -0.39 is 10.0 Å². The summed E-state index contributed by atoms with van der Waals surface area (Å²) in [6.45, 7) is 9.56. The molecule has 0 heterocycles. The Morgan fingerprint density at radius 3 is 1.93 bits per heavy atom. The molecule has 3 nitrogen and oxygen atoms in total. The second-order valence-corrected chi connectivity index (χ2v) is 8.26. The smallest absolute Gasteiger partial charge is 0.212 e. The first-order valence-corrected chi connectivity index (χ1v) is 7.82. The van der Waals surface area contributed by atoms with Crippen molar-refractivity contribution in [3.05, 3.63) is 0 Å². The lowest BCUT2D eigenvalue weighted by Gasteiger charge is -2.27. The van der Waals surface area contributed by atoms with E-state index in [1.165, 1.54) is 0 Å². The van der Waals surface area contributed by atoms with Gasteiger partial charge in [-0.2, -0.15) is 0 Å². The highest BCUT2D eigenvalue weighted by Gasteiger charge is 2.27. The van der Waals surface area contributed by atoms with E-state index in [-0.39, 0.29) is 16.7 Å². The molecule has 0 bridgehead atoms. The lowest BCUT2D eigenvalue weighted by Crippen LogP contribution is -2.46. The van der Waals surface area contributed by atoms with Crippen molar-refractivity contribution in [3.8, 4) is 0 Å². The maximum Gasteiger partial charge on any atom is 0.212 e. The molecule has 0 aliphatic carbocycles. The minimum Gasteiger partial charge on any atom is -0.212 e. The third-order valence-corrected chi connectivity index (χ3v) is 4.28. The molecule has 92 valence electrons. The average Bonchev–Trinajstić information content (AvgIpc) is 1.74. The molecule has 0 aromatic carbocycles. The summed E-state index contributed by atoms with van der Waals surface area (Å²) in [5.74, 6) is 0.158. The van der Waals surface area contributed by atoms with Gasteiger partial charge >= 0.3 is 0 Å². The van der Waals surface area contributed by atoms with E-state index in [0.717, 1.165) is 11.8 Å². The molecular weight excluding hydrogens is 278 g/mol. The molecule has 0 amide bonds. The van der Waals surface area contributed by atoms with Crippen molar-refractivity contribution < 1.29 is 8.42 Å². The molecule has 0 spiro atoms. The first kappa shape index (κ1) is 15.4. The van der Waals surface area contributed by atoms with Crippen molar-refractivity contribution in [2.75, 3.05) is 11.1 Å². The van der Waals surface area contributed by atoms with Gasteiger partial charge in [0.05, 0.1) is 5.75 Å². The summed E-state index contributed by atoms with van der Waals surface area (Å²) in [6, 6.07) is 0. The van der Waals surface area contributed by atoms with E-state index in [9.17, 15) is 8.42 Å². The van der Waals surface area contributed by atoms with Crippen LogP contribution in [0, 0.1) is 5.41 Å². The predicted octanol–water partition coefficient (Wildman–Crippen LogP) is 2.52. The number of hydrogen-bond donors (Lipinski definition) is 1. The van der Waals surface area contributed by atoms with Gasteiger partial charge in [0.2, 0.25) is 10.0 Å². The molecule has 0 unspecified atom stereocenters. The van der Waals surface area contributed by atoms with Gasteiger partial charge in [-0.1, -0.05) is 36.7 Å². The molecule has 1 N–H and O–H groups in total. The second kappa shape index (κ2) is 5.15. The number of sulfonamides is 1. The molecule has 0 saturated heterocycles. The fraction of sp³-hybridized carbons (Fsp3) is 1.00. The minimum atomic E-state index is -3.19. The Morgan fingerprint density at radius 2 is 1.60 bits per heavy atom. The summed E-state index contributed by atoms with van der Waals surface area (Å²) in [5, 5.41) is 0.790. The Morgan fingerprint density at radius 1 is 1.13 bits per heavy atom. The highest BCUT2D eigenvalue weighted by molar-refractivity contribution is 9.09. The Hall–Kier alpha value is 0.390. The standard InChI is InChI=1S/C10H22BrNO2S/c1-9(2,3)8-15(13,14)12-10(4,5)6-7-11/h12H,6-8H2,1-5H3. The highest BCUT2D eigenvalue weighted by Crippen LogP contribution is 2.18. The number of hydrogen-bond acceptors (Lipinski definition) is 2. The monoisotopic (exact) mass is 299 g/mol. The van der Waals surface area contributed by atoms with Crippen molar-refractivity contribution in [1.29, 1.82) is 0 Å². The fourth-order valence-electron chi connectivity index (χ4n) is 1.31. The van der Waals surface area contributed by atoms with Crippen molar-refractivity contribution >= 4 is 26.0 Å². The average molecular weight is 300 g/mol. The third kappa shape index (κ3) is 8.22. The summed E-state index contributed by atoms with van der Waals surface area (Å²) in [5.41, 5.74) is -0.593. The molecule has 15 heavy (non-hydrogen) atoms. The van der Waals surface area contributed by atoms with E-state index in [1.807, 2.05) is 34.6 Å². The van der Waals surface area contributed by atoms with Crippen LogP contribution < -0.4 is 4.72 Å². The van der Waals surface area contributed by atoms with Crippen molar-refractivity contribution in [1.82, 2.24) is 4.72 Å². The fourth-order valence-corrected chi connectivity index (χ4v) is 4.46. The lowest BCUT2D eigenvalue weighted by atomic mass is 10.0. The molecule has 0 aromatic rings. The minimum absolute atomic E-state index is 0.158. The maximum atomic E-state index is 11.8. The number of rotatable bonds is 5. The number of alkyl halides is 1. The largest absolute Gasteiger partial charge is 0.212 e. The van der Waals surface area contributed by atoms with E-state index in [1.54, 1.807) is 0 Å². The lowest BCUT2D eigenvalue weighted by molar-refractivity contribution is 0.421. The van der Waals surface area contributed by atoms with Crippen molar-refractivity contribution in [2.45, 2.75) is 46.6 Å². The summed E-state index contributed by atoms with van der Waals surface area (Å²) >= 11 is 3.32. The van der Waals surface area contributed by atoms with Crippen LogP contribution in [0.25, 0.3) is 0 Å². The van der Waals surface area contributed by atoms with Crippen LogP contribution in [0.1, 0.15) is 41.0 Å². The van der Waals surface area contributed by atoms with Gasteiger partial charge in [-0.3, -0.25) is 0 Å². The van der Waals surface area contributed by atoms with E-state index in [0.29, 0.717) is 0 Å². The van der Waals surface area contributed by atoms with Gasteiger partial charge in [0.15, 0.2) is 0 Å².